The molecule has 1 aliphatic heterocycles. The van der Waals surface area contributed by atoms with Crippen LogP contribution in [0.3, 0.4) is 0 Å². The Balaban J connectivity index is 1.57. The Morgan fingerprint density at radius 3 is 2.73 bits per heavy atom. The number of rotatable bonds is 3. The van der Waals surface area contributed by atoms with Crippen molar-refractivity contribution < 1.29 is 14.7 Å². The van der Waals surface area contributed by atoms with Crippen LogP contribution in [-0.4, -0.2) is 35.0 Å². The fraction of sp³-hybridized carbons (Fsp3) is 0.556. The minimum atomic E-state index is -0.774. The Labute approximate surface area is 131 Å². The molecule has 1 fully saturated rings. The smallest absolute Gasteiger partial charge is 0.308 e. The zero-order valence-corrected chi connectivity index (χ0v) is 12.8. The molecule has 1 aromatic carbocycles. The van der Waals surface area contributed by atoms with Gasteiger partial charge in [0, 0.05) is 19.5 Å². The van der Waals surface area contributed by atoms with E-state index in [0.717, 1.165) is 25.7 Å². The summed E-state index contributed by atoms with van der Waals surface area (Å²) >= 11 is 0. The average molecular weight is 301 g/mol. The molecule has 1 aliphatic carbocycles. The molecule has 0 bridgehead atoms. The highest BCUT2D eigenvalue weighted by Gasteiger charge is 2.29. The van der Waals surface area contributed by atoms with E-state index in [4.69, 9.17) is 5.11 Å². The monoisotopic (exact) mass is 301 g/mol. The van der Waals surface area contributed by atoms with Gasteiger partial charge in [0.2, 0.25) is 5.91 Å². The van der Waals surface area contributed by atoms with Crippen LogP contribution < -0.4 is 0 Å². The van der Waals surface area contributed by atoms with Crippen molar-refractivity contribution >= 4 is 11.9 Å². The standard InChI is InChI=1S/C18H23NO3/c20-17(19-9-3-6-16(12-19)18(21)22)11-13-7-8-14-4-1-2-5-15(14)10-13/h1-2,4-5,13,16H,3,6-12H2,(H,21,22). The number of carbonyl (C=O) groups excluding carboxylic acids is 1. The number of benzene rings is 1. The fourth-order valence-electron chi connectivity index (χ4n) is 3.73. The van der Waals surface area contributed by atoms with Crippen LogP contribution >= 0.6 is 0 Å². The van der Waals surface area contributed by atoms with Crippen LogP contribution in [0.1, 0.15) is 36.8 Å². The highest BCUT2D eigenvalue weighted by molar-refractivity contribution is 5.78. The molecular formula is C18H23NO3. The summed E-state index contributed by atoms with van der Waals surface area (Å²) in [6.07, 6.45) is 5.12. The maximum absolute atomic E-state index is 12.5. The van der Waals surface area contributed by atoms with Crippen molar-refractivity contribution in [1.29, 1.82) is 0 Å². The molecule has 1 heterocycles. The van der Waals surface area contributed by atoms with Crippen LogP contribution in [-0.2, 0) is 22.4 Å². The summed E-state index contributed by atoms with van der Waals surface area (Å²) in [6.45, 7) is 1.10. The minimum Gasteiger partial charge on any atom is -0.481 e. The van der Waals surface area contributed by atoms with Gasteiger partial charge in [0.1, 0.15) is 0 Å². The number of aryl methyl sites for hydroxylation is 1. The number of nitrogens with zero attached hydrogens (tertiary/aromatic N) is 1. The molecule has 1 saturated heterocycles. The molecule has 118 valence electrons. The zero-order valence-electron chi connectivity index (χ0n) is 12.8. The Morgan fingerprint density at radius 1 is 1.18 bits per heavy atom. The van der Waals surface area contributed by atoms with Gasteiger partial charge in [-0.05, 0) is 49.1 Å². The number of aliphatic carboxylic acids is 1. The van der Waals surface area contributed by atoms with E-state index < -0.39 is 5.97 Å². The number of carbonyl (C=O) groups is 2. The van der Waals surface area contributed by atoms with Gasteiger partial charge in [0.05, 0.1) is 5.92 Å². The van der Waals surface area contributed by atoms with E-state index in [9.17, 15) is 9.59 Å². The molecular weight excluding hydrogens is 278 g/mol. The number of piperidine rings is 1. The van der Waals surface area contributed by atoms with Crippen molar-refractivity contribution in [2.45, 2.75) is 38.5 Å². The number of hydrogen-bond donors (Lipinski definition) is 1. The number of fused-ring (bicyclic) bond motifs is 1. The third kappa shape index (κ3) is 3.32. The van der Waals surface area contributed by atoms with Gasteiger partial charge in [-0.25, -0.2) is 0 Å². The first-order chi connectivity index (χ1) is 10.6. The number of carboxylic acid groups (broad SMARTS) is 1. The number of amides is 1. The Kier molecular flexibility index (Phi) is 4.46. The average Bonchev–Trinajstić information content (AvgIpc) is 2.55. The largest absolute Gasteiger partial charge is 0.481 e. The third-order valence-corrected chi connectivity index (χ3v) is 5.04. The van der Waals surface area contributed by atoms with E-state index >= 15 is 0 Å². The van der Waals surface area contributed by atoms with E-state index in [1.807, 2.05) is 0 Å². The molecule has 1 N–H and O–H groups in total. The van der Waals surface area contributed by atoms with Crippen LogP contribution in [0.4, 0.5) is 0 Å². The van der Waals surface area contributed by atoms with Crippen molar-refractivity contribution in [1.82, 2.24) is 4.90 Å². The molecule has 2 unspecified atom stereocenters. The van der Waals surface area contributed by atoms with E-state index in [1.165, 1.54) is 11.1 Å². The Hall–Kier alpha value is -1.84. The van der Waals surface area contributed by atoms with Gasteiger partial charge in [-0.1, -0.05) is 24.3 Å². The second-order valence-electron chi connectivity index (χ2n) is 6.60. The van der Waals surface area contributed by atoms with Gasteiger partial charge in [-0.3, -0.25) is 9.59 Å². The molecule has 4 heteroatoms. The van der Waals surface area contributed by atoms with Gasteiger partial charge in [0.25, 0.3) is 0 Å². The predicted molar refractivity (Wildman–Crippen MR) is 83.5 cm³/mol. The summed E-state index contributed by atoms with van der Waals surface area (Å²) in [6, 6.07) is 8.47. The molecule has 0 radical (unpaired) electrons. The molecule has 0 saturated carbocycles. The highest BCUT2D eigenvalue weighted by Crippen LogP contribution is 2.28. The van der Waals surface area contributed by atoms with Crippen LogP contribution in [0.25, 0.3) is 0 Å². The first-order valence-corrected chi connectivity index (χ1v) is 8.21. The van der Waals surface area contributed by atoms with E-state index in [-0.39, 0.29) is 11.8 Å². The van der Waals surface area contributed by atoms with Crippen molar-refractivity contribution in [2.75, 3.05) is 13.1 Å². The molecule has 1 amide bonds. The predicted octanol–water partition coefficient (Wildman–Crippen LogP) is 2.50. The molecule has 4 nitrogen and oxygen atoms in total. The molecule has 2 atom stereocenters. The van der Waals surface area contributed by atoms with Gasteiger partial charge >= 0.3 is 5.97 Å². The second-order valence-corrected chi connectivity index (χ2v) is 6.60. The van der Waals surface area contributed by atoms with Gasteiger partial charge in [-0.15, -0.1) is 0 Å². The number of carboxylic acids is 1. The Morgan fingerprint density at radius 2 is 1.95 bits per heavy atom. The first kappa shape index (κ1) is 15.1. The van der Waals surface area contributed by atoms with Crippen LogP contribution in [0.5, 0.6) is 0 Å². The first-order valence-electron chi connectivity index (χ1n) is 8.21. The summed E-state index contributed by atoms with van der Waals surface area (Å²) in [7, 11) is 0. The maximum atomic E-state index is 12.5. The van der Waals surface area contributed by atoms with Crippen molar-refractivity contribution in [2.24, 2.45) is 11.8 Å². The maximum Gasteiger partial charge on any atom is 0.308 e. The van der Waals surface area contributed by atoms with Crippen LogP contribution in [0, 0.1) is 11.8 Å². The van der Waals surface area contributed by atoms with Gasteiger partial charge in [-0.2, -0.15) is 0 Å². The van der Waals surface area contributed by atoms with E-state index in [1.54, 1.807) is 4.90 Å². The summed E-state index contributed by atoms with van der Waals surface area (Å²) < 4.78 is 0. The van der Waals surface area contributed by atoms with E-state index in [0.29, 0.717) is 31.8 Å². The van der Waals surface area contributed by atoms with Crippen molar-refractivity contribution in [3.8, 4) is 0 Å². The van der Waals surface area contributed by atoms with E-state index in [2.05, 4.69) is 24.3 Å². The number of hydrogen-bond acceptors (Lipinski definition) is 2. The second kappa shape index (κ2) is 6.51. The normalized spacial score (nSPS) is 24.6. The summed E-state index contributed by atoms with van der Waals surface area (Å²) in [5.74, 6) is -0.628. The van der Waals surface area contributed by atoms with Crippen LogP contribution in [0.15, 0.2) is 24.3 Å². The zero-order chi connectivity index (χ0) is 15.5. The SMILES string of the molecule is O=C(O)C1CCCN(C(=O)CC2CCc3ccccc3C2)C1. The topological polar surface area (TPSA) is 57.6 Å². The van der Waals surface area contributed by atoms with Crippen molar-refractivity contribution in [3.63, 3.8) is 0 Å². The number of likely N-dealkylation sites (tertiary alicyclic amines) is 1. The molecule has 2 aliphatic rings. The molecule has 22 heavy (non-hydrogen) atoms. The molecule has 0 spiro atoms. The lowest BCUT2D eigenvalue weighted by atomic mass is 9.82. The van der Waals surface area contributed by atoms with Crippen LogP contribution in [0.2, 0.25) is 0 Å². The Bertz CT molecular complexity index is 569. The highest BCUT2D eigenvalue weighted by atomic mass is 16.4. The molecule has 0 aromatic heterocycles. The summed E-state index contributed by atoms with van der Waals surface area (Å²) in [5, 5.41) is 9.13. The lowest BCUT2D eigenvalue weighted by molar-refractivity contribution is -0.145. The van der Waals surface area contributed by atoms with Crippen molar-refractivity contribution in [3.05, 3.63) is 35.4 Å². The van der Waals surface area contributed by atoms with Gasteiger partial charge in [0.15, 0.2) is 0 Å². The third-order valence-electron chi connectivity index (χ3n) is 5.04. The minimum absolute atomic E-state index is 0.135. The molecule has 3 rings (SSSR count). The summed E-state index contributed by atoms with van der Waals surface area (Å²) in [5.41, 5.74) is 2.78. The lowest BCUT2D eigenvalue weighted by Crippen LogP contribution is -2.43. The fourth-order valence-corrected chi connectivity index (χ4v) is 3.73. The summed E-state index contributed by atoms with van der Waals surface area (Å²) in [4.78, 5) is 25.4. The quantitative estimate of drug-likeness (QED) is 0.933. The lowest BCUT2D eigenvalue weighted by Gasteiger charge is -2.32. The molecule has 1 aromatic rings. The van der Waals surface area contributed by atoms with Gasteiger partial charge < -0.3 is 10.0 Å².